The van der Waals surface area contributed by atoms with E-state index in [1.165, 1.54) is 11.1 Å². The summed E-state index contributed by atoms with van der Waals surface area (Å²) >= 11 is 0. The number of ether oxygens (including phenoxy) is 2. The number of rotatable bonds is 3. The molecule has 1 fully saturated rings. The minimum Gasteiger partial charge on any atom is -0.385 e. The standard InChI is InChI=1S/C15H22O3/c1-11-4-5-13(10-12(11)2)14(16)15(17-3)6-8-18-9-7-15/h4-5,10,14,16H,6-9H2,1-3H3. The molecule has 0 amide bonds. The average molecular weight is 250 g/mol. The molecule has 0 aliphatic carbocycles. The van der Waals surface area contributed by atoms with E-state index in [0.29, 0.717) is 13.2 Å². The lowest BCUT2D eigenvalue weighted by molar-refractivity contribution is -0.154. The molecule has 0 aromatic heterocycles. The van der Waals surface area contributed by atoms with Crippen molar-refractivity contribution in [3.05, 3.63) is 34.9 Å². The van der Waals surface area contributed by atoms with Crippen LogP contribution in [0.15, 0.2) is 18.2 Å². The van der Waals surface area contributed by atoms with E-state index in [9.17, 15) is 5.11 Å². The van der Waals surface area contributed by atoms with Crippen molar-refractivity contribution in [2.24, 2.45) is 0 Å². The Hall–Kier alpha value is -0.900. The van der Waals surface area contributed by atoms with Crippen LogP contribution in [-0.4, -0.2) is 31.0 Å². The summed E-state index contributed by atoms with van der Waals surface area (Å²) in [7, 11) is 1.68. The van der Waals surface area contributed by atoms with Crippen molar-refractivity contribution in [1.82, 2.24) is 0 Å². The number of hydrogen-bond donors (Lipinski definition) is 1. The lowest BCUT2D eigenvalue weighted by Gasteiger charge is -2.40. The Morgan fingerprint density at radius 3 is 2.44 bits per heavy atom. The molecule has 0 radical (unpaired) electrons. The van der Waals surface area contributed by atoms with Crippen molar-refractivity contribution in [2.45, 2.75) is 38.4 Å². The Bertz CT molecular complexity index is 408. The number of methoxy groups -OCH3 is 1. The average Bonchev–Trinajstić information content (AvgIpc) is 2.42. The van der Waals surface area contributed by atoms with Gasteiger partial charge in [-0.2, -0.15) is 0 Å². The Balaban J connectivity index is 2.27. The van der Waals surface area contributed by atoms with Crippen LogP contribution in [0.3, 0.4) is 0 Å². The van der Waals surface area contributed by atoms with Crippen molar-refractivity contribution in [1.29, 1.82) is 0 Å². The summed E-state index contributed by atoms with van der Waals surface area (Å²) in [5, 5.41) is 10.6. The molecule has 1 aromatic carbocycles. The molecule has 1 unspecified atom stereocenters. The fourth-order valence-corrected chi connectivity index (χ4v) is 2.54. The lowest BCUT2D eigenvalue weighted by atomic mass is 9.83. The highest BCUT2D eigenvalue weighted by molar-refractivity contribution is 5.32. The molecule has 100 valence electrons. The van der Waals surface area contributed by atoms with Crippen LogP contribution < -0.4 is 0 Å². The van der Waals surface area contributed by atoms with Crippen LogP contribution in [-0.2, 0) is 9.47 Å². The molecule has 2 rings (SSSR count). The van der Waals surface area contributed by atoms with Gasteiger partial charge in [-0.25, -0.2) is 0 Å². The summed E-state index contributed by atoms with van der Waals surface area (Å²) in [5.41, 5.74) is 2.87. The van der Waals surface area contributed by atoms with Gasteiger partial charge in [0.15, 0.2) is 0 Å². The van der Waals surface area contributed by atoms with E-state index in [4.69, 9.17) is 9.47 Å². The van der Waals surface area contributed by atoms with Gasteiger partial charge in [0.2, 0.25) is 0 Å². The quantitative estimate of drug-likeness (QED) is 0.896. The van der Waals surface area contributed by atoms with Crippen LogP contribution in [0.25, 0.3) is 0 Å². The summed E-state index contributed by atoms with van der Waals surface area (Å²) in [6, 6.07) is 6.09. The molecule has 1 N–H and O–H groups in total. The van der Waals surface area contributed by atoms with Gasteiger partial charge < -0.3 is 14.6 Å². The summed E-state index contributed by atoms with van der Waals surface area (Å²) < 4.78 is 11.0. The molecule has 1 atom stereocenters. The van der Waals surface area contributed by atoms with E-state index in [-0.39, 0.29) is 0 Å². The second-order valence-electron chi connectivity index (χ2n) is 5.13. The van der Waals surface area contributed by atoms with Crippen LogP contribution in [0.4, 0.5) is 0 Å². The highest BCUT2D eigenvalue weighted by Crippen LogP contribution is 2.37. The first-order chi connectivity index (χ1) is 8.59. The van der Waals surface area contributed by atoms with E-state index < -0.39 is 11.7 Å². The summed E-state index contributed by atoms with van der Waals surface area (Å²) in [6.07, 6.45) is 0.875. The Morgan fingerprint density at radius 2 is 1.89 bits per heavy atom. The van der Waals surface area contributed by atoms with E-state index in [1.807, 2.05) is 6.07 Å². The first kappa shape index (κ1) is 13.5. The summed E-state index contributed by atoms with van der Waals surface area (Å²) in [4.78, 5) is 0. The molecule has 18 heavy (non-hydrogen) atoms. The van der Waals surface area contributed by atoms with Gasteiger partial charge in [0.1, 0.15) is 11.7 Å². The van der Waals surface area contributed by atoms with Gasteiger partial charge in [-0.05, 0) is 30.5 Å². The maximum absolute atomic E-state index is 10.6. The van der Waals surface area contributed by atoms with Crippen LogP contribution in [0.2, 0.25) is 0 Å². The summed E-state index contributed by atoms with van der Waals surface area (Å²) in [6.45, 7) is 5.44. The van der Waals surface area contributed by atoms with Gasteiger partial charge in [-0.3, -0.25) is 0 Å². The predicted octanol–water partition coefficient (Wildman–Crippen LogP) is 2.53. The van der Waals surface area contributed by atoms with Gasteiger partial charge in [-0.1, -0.05) is 18.2 Å². The van der Waals surface area contributed by atoms with E-state index in [1.54, 1.807) is 7.11 Å². The first-order valence-corrected chi connectivity index (χ1v) is 6.47. The van der Waals surface area contributed by atoms with Gasteiger partial charge in [0, 0.05) is 33.2 Å². The maximum atomic E-state index is 10.6. The normalized spacial score (nSPS) is 20.7. The third kappa shape index (κ3) is 2.44. The minimum atomic E-state index is -0.592. The SMILES string of the molecule is COC1(C(O)c2ccc(C)c(C)c2)CCOCC1. The van der Waals surface area contributed by atoms with Crippen LogP contribution in [0, 0.1) is 13.8 Å². The number of hydrogen-bond acceptors (Lipinski definition) is 3. The van der Waals surface area contributed by atoms with Crippen molar-refractivity contribution in [3.8, 4) is 0 Å². The second kappa shape index (κ2) is 5.39. The second-order valence-corrected chi connectivity index (χ2v) is 5.13. The molecule has 0 saturated carbocycles. The number of aryl methyl sites for hydroxylation is 2. The van der Waals surface area contributed by atoms with Crippen LogP contribution in [0.1, 0.15) is 35.6 Å². The number of aliphatic hydroxyl groups excluding tert-OH is 1. The first-order valence-electron chi connectivity index (χ1n) is 6.47. The van der Waals surface area contributed by atoms with Crippen molar-refractivity contribution < 1.29 is 14.6 Å². The predicted molar refractivity (Wildman–Crippen MR) is 70.7 cm³/mol. The molecule has 3 heteroatoms. The lowest BCUT2D eigenvalue weighted by Crippen LogP contribution is -2.43. The topological polar surface area (TPSA) is 38.7 Å². The van der Waals surface area contributed by atoms with Crippen LogP contribution in [0.5, 0.6) is 0 Å². The third-order valence-corrected chi connectivity index (χ3v) is 4.09. The molecule has 3 nitrogen and oxygen atoms in total. The highest BCUT2D eigenvalue weighted by Gasteiger charge is 2.40. The molecule has 0 bridgehead atoms. The Kier molecular flexibility index (Phi) is 4.05. The van der Waals surface area contributed by atoms with E-state index in [0.717, 1.165) is 18.4 Å². The monoisotopic (exact) mass is 250 g/mol. The van der Waals surface area contributed by atoms with Gasteiger partial charge >= 0.3 is 0 Å². The molecule has 1 heterocycles. The van der Waals surface area contributed by atoms with E-state index >= 15 is 0 Å². The zero-order valence-corrected chi connectivity index (χ0v) is 11.4. The van der Waals surface area contributed by atoms with Crippen molar-refractivity contribution in [3.63, 3.8) is 0 Å². The summed E-state index contributed by atoms with van der Waals surface area (Å²) in [5.74, 6) is 0. The van der Waals surface area contributed by atoms with Crippen LogP contribution >= 0.6 is 0 Å². The number of aliphatic hydroxyl groups is 1. The fraction of sp³-hybridized carbons (Fsp3) is 0.600. The molecule has 1 aliphatic rings. The Labute approximate surface area is 109 Å². The fourth-order valence-electron chi connectivity index (χ4n) is 2.54. The smallest absolute Gasteiger partial charge is 0.108 e. The van der Waals surface area contributed by atoms with Gasteiger partial charge in [-0.15, -0.1) is 0 Å². The van der Waals surface area contributed by atoms with Crippen molar-refractivity contribution >= 4 is 0 Å². The number of benzene rings is 1. The molecular formula is C15H22O3. The molecule has 1 aliphatic heterocycles. The molecule has 0 spiro atoms. The molecule has 1 aromatic rings. The zero-order valence-electron chi connectivity index (χ0n) is 11.4. The largest absolute Gasteiger partial charge is 0.385 e. The van der Waals surface area contributed by atoms with Gasteiger partial charge in [0.05, 0.1) is 0 Å². The third-order valence-electron chi connectivity index (χ3n) is 4.09. The highest BCUT2D eigenvalue weighted by atomic mass is 16.5. The van der Waals surface area contributed by atoms with Crippen molar-refractivity contribution in [2.75, 3.05) is 20.3 Å². The molecule has 1 saturated heterocycles. The van der Waals surface area contributed by atoms with Gasteiger partial charge in [0.25, 0.3) is 0 Å². The Morgan fingerprint density at radius 1 is 1.22 bits per heavy atom. The molecular weight excluding hydrogens is 228 g/mol. The maximum Gasteiger partial charge on any atom is 0.108 e. The zero-order chi connectivity index (χ0) is 13.2. The van der Waals surface area contributed by atoms with E-state index in [2.05, 4.69) is 26.0 Å². The minimum absolute atomic E-state index is 0.500.